The lowest BCUT2D eigenvalue weighted by Crippen LogP contribution is -2.34. The van der Waals surface area contributed by atoms with Gasteiger partial charge >= 0.3 is 0 Å². The summed E-state index contributed by atoms with van der Waals surface area (Å²) in [5.41, 5.74) is 6.50. The predicted octanol–water partition coefficient (Wildman–Crippen LogP) is 2.73. The van der Waals surface area contributed by atoms with Gasteiger partial charge in [-0.05, 0) is 50.3 Å². The highest BCUT2D eigenvalue weighted by atomic mass is 35.5. The number of nitrogens with one attached hydrogen (secondary N) is 1. The number of benzene rings is 1. The molecule has 4 nitrogen and oxygen atoms in total. The third-order valence-electron chi connectivity index (χ3n) is 4.29. The van der Waals surface area contributed by atoms with Crippen LogP contribution < -0.4 is 15.8 Å². The van der Waals surface area contributed by atoms with Crippen LogP contribution in [0.25, 0.3) is 0 Å². The van der Waals surface area contributed by atoms with Gasteiger partial charge in [0.25, 0.3) is 0 Å². The molecule has 5 heteroatoms. The number of rotatable bonds is 5. The summed E-state index contributed by atoms with van der Waals surface area (Å²) in [6, 6.07) is 5.48. The van der Waals surface area contributed by atoms with Gasteiger partial charge in [0.2, 0.25) is 5.91 Å². The lowest BCUT2D eigenvalue weighted by atomic mass is 9.81. The first kappa shape index (κ1) is 16.1. The molecule has 1 aromatic rings. The van der Waals surface area contributed by atoms with E-state index in [0.29, 0.717) is 23.2 Å². The van der Waals surface area contributed by atoms with E-state index in [1.54, 1.807) is 13.2 Å². The Balaban J connectivity index is 1.90. The van der Waals surface area contributed by atoms with E-state index in [1.165, 1.54) is 0 Å². The normalized spacial score (nSPS) is 21.9. The molecule has 1 aliphatic carbocycles. The predicted molar refractivity (Wildman–Crippen MR) is 84.4 cm³/mol. The first-order chi connectivity index (χ1) is 10.2. The molecule has 116 valence electrons. The highest BCUT2D eigenvalue weighted by Gasteiger charge is 2.25. The average Bonchev–Trinajstić information content (AvgIpc) is 2.53. The Morgan fingerprint density at radius 1 is 1.38 bits per heavy atom. The van der Waals surface area contributed by atoms with Gasteiger partial charge in [-0.2, -0.15) is 0 Å². The number of methoxy groups -OCH3 is 1. The van der Waals surface area contributed by atoms with Crippen molar-refractivity contribution in [3.05, 3.63) is 28.8 Å². The molecule has 1 aliphatic rings. The van der Waals surface area contributed by atoms with E-state index in [9.17, 15) is 4.79 Å². The Hall–Kier alpha value is -1.26. The van der Waals surface area contributed by atoms with Crippen LogP contribution in [0.4, 0.5) is 0 Å². The zero-order chi connectivity index (χ0) is 15.2. The first-order valence-corrected chi connectivity index (χ1v) is 7.82. The van der Waals surface area contributed by atoms with Crippen LogP contribution in [0.1, 0.15) is 31.2 Å². The van der Waals surface area contributed by atoms with Crippen LogP contribution in [0.5, 0.6) is 5.75 Å². The molecular formula is C16H23ClN2O2. The van der Waals surface area contributed by atoms with Gasteiger partial charge in [-0.15, -0.1) is 0 Å². The molecule has 2 rings (SSSR count). The van der Waals surface area contributed by atoms with Crippen molar-refractivity contribution in [3.63, 3.8) is 0 Å². The number of carbonyl (C=O) groups is 1. The minimum Gasteiger partial charge on any atom is -0.496 e. The number of halogens is 1. The maximum atomic E-state index is 12.3. The summed E-state index contributed by atoms with van der Waals surface area (Å²) in [4.78, 5) is 12.3. The van der Waals surface area contributed by atoms with Crippen LogP contribution in [0.2, 0.25) is 5.02 Å². The lowest BCUT2D eigenvalue weighted by molar-refractivity contribution is -0.126. The molecule has 0 bridgehead atoms. The second-order valence-electron chi connectivity index (χ2n) is 5.59. The van der Waals surface area contributed by atoms with E-state index in [0.717, 1.165) is 37.8 Å². The first-order valence-electron chi connectivity index (χ1n) is 7.44. The second-order valence-corrected chi connectivity index (χ2v) is 6.00. The fourth-order valence-corrected chi connectivity index (χ4v) is 3.11. The third-order valence-corrected chi connectivity index (χ3v) is 4.64. The van der Waals surface area contributed by atoms with Crippen molar-refractivity contribution < 1.29 is 9.53 Å². The minimum atomic E-state index is 0.0984. The zero-order valence-electron chi connectivity index (χ0n) is 12.4. The molecule has 0 heterocycles. The molecule has 1 amide bonds. The molecular weight excluding hydrogens is 288 g/mol. The summed E-state index contributed by atoms with van der Waals surface area (Å²) in [5, 5.41) is 3.59. The van der Waals surface area contributed by atoms with Crippen LogP contribution in [0.3, 0.4) is 0 Å². The molecule has 0 aromatic heterocycles. The van der Waals surface area contributed by atoms with Crippen LogP contribution in [-0.4, -0.2) is 19.6 Å². The van der Waals surface area contributed by atoms with E-state index in [4.69, 9.17) is 22.1 Å². The zero-order valence-corrected chi connectivity index (χ0v) is 13.2. The molecule has 3 N–H and O–H groups in total. The van der Waals surface area contributed by atoms with Crippen molar-refractivity contribution >= 4 is 17.5 Å². The standard InChI is InChI=1S/C16H23ClN2O2/c1-21-15-4-2-3-14(17)13(15)10-19-16(20)12-7-5-11(9-18)6-8-12/h2-4,11-12H,5-10,18H2,1H3,(H,19,20). The molecule has 1 aromatic carbocycles. The summed E-state index contributed by atoms with van der Waals surface area (Å²) >= 11 is 6.17. The van der Waals surface area contributed by atoms with Gasteiger partial charge in [-0.3, -0.25) is 4.79 Å². The van der Waals surface area contributed by atoms with Gasteiger partial charge in [-0.25, -0.2) is 0 Å². The van der Waals surface area contributed by atoms with E-state index in [-0.39, 0.29) is 11.8 Å². The molecule has 1 fully saturated rings. The van der Waals surface area contributed by atoms with Gasteiger partial charge in [0.05, 0.1) is 7.11 Å². The summed E-state index contributed by atoms with van der Waals surface area (Å²) < 4.78 is 5.28. The third kappa shape index (κ3) is 4.11. The summed E-state index contributed by atoms with van der Waals surface area (Å²) in [5.74, 6) is 1.49. The number of hydrogen-bond acceptors (Lipinski definition) is 3. The molecule has 1 saturated carbocycles. The molecule has 0 radical (unpaired) electrons. The molecule has 0 spiro atoms. The maximum Gasteiger partial charge on any atom is 0.223 e. The lowest BCUT2D eigenvalue weighted by Gasteiger charge is -2.26. The van der Waals surface area contributed by atoms with E-state index in [1.807, 2.05) is 12.1 Å². The van der Waals surface area contributed by atoms with Gasteiger partial charge in [-0.1, -0.05) is 17.7 Å². The highest BCUT2D eigenvalue weighted by Crippen LogP contribution is 2.29. The minimum absolute atomic E-state index is 0.0984. The van der Waals surface area contributed by atoms with E-state index >= 15 is 0 Å². The average molecular weight is 311 g/mol. The van der Waals surface area contributed by atoms with Crippen LogP contribution in [0, 0.1) is 11.8 Å². The van der Waals surface area contributed by atoms with Gasteiger partial charge in [0, 0.05) is 23.0 Å². The Morgan fingerprint density at radius 3 is 2.71 bits per heavy atom. The van der Waals surface area contributed by atoms with Crippen molar-refractivity contribution in [2.24, 2.45) is 17.6 Å². The van der Waals surface area contributed by atoms with Crippen molar-refractivity contribution in [2.45, 2.75) is 32.2 Å². The van der Waals surface area contributed by atoms with Gasteiger partial charge in [0.15, 0.2) is 0 Å². The number of nitrogens with two attached hydrogens (primary N) is 1. The largest absolute Gasteiger partial charge is 0.496 e. The molecule has 0 saturated heterocycles. The van der Waals surface area contributed by atoms with Crippen molar-refractivity contribution in [3.8, 4) is 5.75 Å². The smallest absolute Gasteiger partial charge is 0.223 e. The Kier molecular flexibility index (Phi) is 5.88. The van der Waals surface area contributed by atoms with E-state index < -0.39 is 0 Å². The SMILES string of the molecule is COc1cccc(Cl)c1CNC(=O)C1CCC(CN)CC1. The van der Waals surface area contributed by atoms with Crippen LogP contribution in [0.15, 0.2) is 18.2 Å². The van der Waals surface area contributed by atoms with Crippen molar-refractivity contribution in [2.75, 3.05) is 13.7 Å². The van der Waals surface area contributed by atoms with Gasteiger partial charge in [0.1, 0.15) is 5.75 Å². The quantitative estimate of drug-likeness (QED) is 0.879. The number of ether oxygens (including phenoxy) is 1. The molecule has 21 heavy (non-hydrogen) atoms. The second kappa shape index (κ2) is 7.66. The Morgan fingerprint density at radius 2 is 2.10 bits per heavy atom. The van der Waals surface area contributed by atoms with Crippen molar-refractivity contribution in [1.29, 1.82) is 0 Å². The summed E-state index contributed by atoms with van der Waals surface area (Å²) in [7, 11) is 1.60. The summed E-state index contributed by atoms with van der Waals surface area (Å²) in [6.07, 6.45) is 3.94. The Labute approximate surface area is 131 Å². The fraction of sp³-hybridized carbons (Fsp3) is 0.562. The molecule has 0 atom stereocenters. The monoisotopic (exact) mass is 310 g/mol. The van der Waals surface area contributed by atoms with Crippen molar-refractivity contribution in [1.82, 2.24) is 5.32 Å². The number of amides is 1. The molecule has 0 unspecified atom stereocenters. The number of hydrogen-bond donors (Lipinski definition) is 2. The molecule has 0 aliphatic heterocycles. The van der Waals surface area contributed by atoms with Gasteiger partial charge < -0.3 is 15.8 Å². The van der Waals surface area contributed by atoms with E-state index in [2.05, 4.69) is 5.32 Å². The van der Waals surface area contributed by atoms with Crippen LogP contribution in [-0.2, 0) is 11.3 Å². The topological polar surface area (TPSA) is 64.3 Å². The fourth-order valence-electron chi connectivity index (χ4n) is 2.88. The highest BCUT2D eigenvalue weighted by molar-refractivity contribution is 6.31. The summed E-state index contributed by atoms with van der Waals surface area (Å²) in [6.45, 7) is 1.13. The Bertz CT molecular complexity index is 485. The van der Waals surface area contributed by atoms with Crippen LogP contribution >= 0.6 is 11.6 Å². The maximum absolute atomic E-state index is 12.3. The number of carbonyl (C=O) groups excluding carboxylic acids is 1.